The number of nitrogens with zero attached hydrogens (tertiary/aromatic N) is 6. The minimum Gasteiger partial charge on any atom is -0.480 e. The van der Waals surface area contributed by atoms with Gasteiger partial charge in [-0.2, -0.15) is 4.68 Å². The SMILES string of the molecule is CCCC(C)(Sc1ccc(-c2cnc([C@@H]3CCc4cc(-c5cc(Cl)ccc5-n5cnnn5)cc(=O)n43)[nH]2)cc1)C(=O)O. The standard InChI is InChI=1S/C30H28ClN7O3S/c1-3-12-30(2,29(40)41)42-22-8-4-18(5-9-22)24-16-32-28(34-24)26-11-7-21-13-19(14-27(39)38(21)26)23-15-20(31)6-10-25(23)37-17-33-35-36-37/h4-6,8-10,13-17,26H,3,7,11-12H2,1-2H3,(H,32,34)(H,40,41)/t26-,30?/m0/s1. The van der Waals surface area contributed by atoms with E-state index in [1.54, 1.807) is 34.5 Å². The monoisotopic (exact) mass is 601 g/mol. The Morgan fingerprint density at radius 2 is 1.98 bits per heavy atom. The summed E-state index contributed by atoms with van der Waals surface area (Å²) in [6, 6.07) is 16.6. The fourth-order valence-electron chi connectivity index (χ4n) is 5.51. The third-order valence-electron chi connectivity index (χ3n) is 7.60. The number of aliphatic carboxylic acids is 1. The van der Waals surface area contributed by atoms with Crippen molar-refractivity contribution in [1.29, 1.82) is 0 Å². The second-order valence-corrected chi connectivity index (χ2v) is 12.5. The quantitative estimate of drug-likeness (QED) is 0.202. The first-order valence-electron chi connectivity index (χ1n) is 13.6. The maximum atomic E-state index is 13.5. The lowest BCUT2D eigenvalue weighted by Crippen LogP contribution is -2.30. The van der Waals surface area contributed by atoms with Gasteiger partial charge in [0.1, 0.15) is 16.9 Å². The van der Waals surface area contributed by atoms with Crippen LogP contribution in [0.1, 0.15) is 50.7 Å². The molecule has 214 valence electrons. The molecule has 0 aliphatic carbocycles. The zero-order valence-electron chi connectivity index (χ0n) is 23.0. The van der Waals surface area contributed by atoms with Crippen molar-refractivity contribution >= 4 is 29.3 Å². The van der Waals surface area contributed by atoms with Crippen LogP contribution in [0.4, 0.5) is 0 Å². The summed E-state index contributed by atoms with van der Waals surface area (Å²) in [6.07, 6.45) is 6.11. The highest BCUT2D eigenvalue weighted by molar-refractivity contribution is 8.01. The van der Waals surface area contributed by atoms with Crippen LogP contribution in [0.15, 0.2) is 76.8 Å². The molecular weight excluding hydrogens is 574 g/mol. The zero-order valence-corrected chi connectivity index (χ0v) is 24.6. The van der Waals surface area contributed by atoms with E-state index in [9.17, 15) is 14.7 Å². The molecular formula is C30H28ClN7O3S. The summed E-state index contributed by atoms with van der Waals surface area (Å²) in [5.41, 5.74) is 4.79. The fourth-order valence-corrected chi connectivity index (χ4v) is 6.87. The Kier molecular flexibility index (Phi) is 7.46. The molecule has 0 amide bonds. The number of rotatable bonds is 9. The molecule has 1 aliphatic heterocycles. The number of carbonyl (C=O) groups is 1. The first-order chi connectivity index (χ1) is 20.3. The van der Waals surface area contributed by atoms with Crippen molar-refractivity contribution in [3.05, 3.63) is 94.0 Å². The molecule has 2 atom stereocenters. The number of imidazole rings is 1. The lowest BCUT2D eigenvalue weighted by molar-refractivity contribution is -0.139. The van der Waals surface area contributed by atoms with E-state index in [2.05, 4.69) is 25.5 Å². The number of nitrogens with one attached hydrogen (secondary N) is 1. The van der Waals surface area contributed by atoms with Crippen LogP contribution in [0.25, 0.3) is 28.1 Å². The summed E-state index contributed by atoms with van der Waals surface area (Å²) in [6.45, 7) is 3.76. The van der Waals surface area contributed by atoms with Crippen LogP contribution in [-0.4, -0.2) is 50.6 Å². The van der Waals surface area contributed by atoms with Crippen LogP contribution in [-0.2, 0) is 11.2 Å². The summed E-state index contributed by atoms with van der Waals surface area (Å²) in [7, 11) is 0. The van der Waals surface area contributed by atoms with Gasteiger partial charge in [0.05, 0.1) is 23.6 Å². The number of hydrogen-bond acceptors (Lipinski definition) is 7. The fraction of sp³-hybridized carbons (Fsp3) is 0.267. The van der Waals surface area contributed by atoms with Crippen molar-refractivity contribution in [3.8, 4) is 28.1 Å². The molecule has 1 unspecified atom stereocenters. The number of aryl methyl sites for hydroxylation is 1. The number of carboxylic acids is 1. The smallest absolute Gasteiger partial charge is 0.319 e. The average Bonchev–Trinajstić information content (AvgIpc) is 3.75. The number of pyridine rings is 1. The molecule has 42 heavy (non-hydrogen) atoms. The van der Waals surface area contributed by atoms with Gasteiger partial charge in [-0.25, -0.2) is 4.98 Å². The van der Waals surface area contributed by atoms with Crippen LogP contribution >= 0.6 is 23.4 Å². The van der Waals surface area contributed by atoms with Crippen molar-refractivity contribution in [2.45, 2.75) is 55.2 Å². The minimum atomic E-state index is -0.873. The van der Waals surface area contributed by atoms with Gasteiger partial charge in [-0.3, -0.25) is 9.59 Å². The summed E-state index contributed by atoms with van der Waals surface area (Å²) in [5.74, 6) is -0.0908. The number of aromatic amines is 1. The van der Waals surface area contributed by atoms with Gasteiger partial charge in [0.25, 0.3) is 5.56 Å². The lowest BCUT2D eigenvalue weighted by Gasteiger charge is -2.23. The minimum absolute atomic E-state index is 0.125. The Morgan fingerprint density at radius 3 is 2.69 bits per heavy atom. The molecule has 0 spiro atoms. The number of carboxylic acid groups (broad SMARTS) is 1. The highest BCUT2D eigenvalue weighted by Gasteiger charge is 2.33. The first-order valence-corrected chi connectivity index (χ1v) is 14.8. The van der Waals surface area contributed by atoms with Crippen molar-refractivity contribution in [2.75, 3.05) is 0 Å². The van der Waals surface area contributed by atoms with Gasteiger partial charge in [0, 0.05) is 27.2 Å². The van der Waals surface area contributed by atoms with E-state index in [0.717, 1.165) is 63.7 Å². The largest absolute Gasteiger partial charge is 0.480 e. The maximum absolute atomic E-state index is 13.5. The molecule has 10 nitrogen and oxygen atoms in total. The van der Waals surface area contributed by atoms with Gasteiger partial charge in [-0.1, -0.05) is 37.1 Å². The summed E-state index contributed by atoms with van der Waals surface area (Å²) in [5, 5.41) is 21.7. The molecule has 6 rings (SSSR count). The Labute approximate surface area is 250 Å². The van der Waals surface area contributed by atoms with E-state index >= 15 is 0 Å². The van der Waals surface area contributed by atoms with Gasteiger partial charge < -0.3 is 14.7 Å². The van der Waals surface area contributed by atoms with Gasteiger partial charge in [-0.15, -0.1) is 16.9 Å². The van der Waals surface area contributed by atoms with Gasteiger partial charge in [0.2, 0.25) is 0 Å². The zero-order chi connectivity index (χ0) is 29.4. The maximum Gasteiger partial charge on any atom is 0.319 e. The number of H-pyrrole nitrogens is 1. The molecule has 12 heteroatoms. The Morgan fingerprint density at radius 1 is 1.17 bits per heavy atom. The van der Waals surface area contributed by atoms with Crippen molar-refractivity contribution in [2.24, 2.45) is 0 Å². The Balaban J connectivity index is 1.26. The molecule has 1 aliphatic rings. The van der Waals surface area contributed by atoms with Crippen LogP contribution < -0.4 is 5.56 Å². The van der Waals surface area contributed by atoms with E-state index in [1.165, 1.54) is 18.1 Å². The normalized spacial score (nSPS) is 15.8. The van der Waals surface area contributed by atoms with E-state index in [1.807, 2.05) is 49.4 Å². The highest BCUT2D eigenvalue weighted by atomic mass is 35.5. The van der Waals surface area contributed by atoms with Crippen LogP contribution in [0, 0.1) is 0 Å². The molecule has 5 aromatic rings. The van der Waals surface area contributed by atoms with E-state index in [-0.39, 0.29) is 11.6 Å². The van der Waals surface area contributed by atoms with Gasteiger partial charge in [-0.05, 0) is 84.1 Å². The number of halogens is 1. The number of benzene rings is 2. The predicted molar refractivity (Wildman–Crippen MR) is 161 cm³/mol. The topological polar surface area (TPSA) is 132 Å². The Hall–Kier alpha value is -4.22. The first kappa shape index (κ1) is 27.9. The molecule has 0 saturated heterocycles. The molecule has 0 fully saturated rings. The number of thioether (sulfide) groups is 1. The second kappa shape index (κ2) is 11.2. The molecule has 2 N–H and O–H groups in total. The second-order valence-electron chi connectivity index (χ2n) is 10.5. The lowest BCUT2D eigenvalue weighted by atomic mass is 10.0. The molecule has 0 radical (unpaired) electrons. The molecule has 3 aromatic heterocycles. The molecule has 0 saturated carbocycles. The number of hydrogen-bond donors (Lipinski definition) is 2. The average molecular weight is 602 g/mol. The Bertz CT molecular complexity index is 1820. The van der Waals surface area contributed by atoms with Crippen molar-refractivity contribution < 1.29 is 9.90 Å². The predicted octanol–water partition coefficient (Wildman–Crippen LogP) is 5.81. The van der Waals surface area contributed by atoms with Crippen LogP contribution in [0.3, 0.4) is 0 Å². The van der Waals surface area contributed by atoms with Gasteiger partial charge >= 0.3 is 5.97 Å². The highest BCUT2D eigenvalue weighted by Crippen LogP contribution is 2.38. The van der Waals surface area contributed by atoms with E-state index < -0.39 is 10.7 Å². The molecule has 2 aromatic carbocycles. The van der Waals surface area contributed by atoms with E-state index in [0.29, 0.717) is 11.4 Å². The molecule has 0 bridgehead atoms. The van der Waals surface area contributed by atoms with Crippen LogP contribution in [0.5, 0.6) is 0 Å². The summed E-state index contributed by atoms with van der Waals surface area (Å²) < 4.78 is 2.47. The van der Waals surface area contributed by atoms with E-state index in [4.69, 9.17) is 11.6 Å². The summed E-state index contributed by atoms with van der Waals surface area (Å²) in [4.78, 5) is 34.3. The van der Waals surface area contributed by atoms with Gasteiger partial charge in [0.15, 0.2) is 0 Å². The van der Waals surface area contributed by atoms with Crippen molar-refractivity contribution in [3.63, 3.8) is 0 Å². The molecule has 4 heterocycles. The number of aromatic nitrogens is 7. The van der Waals surface area contributed by atoms with Crippen molar-refractivity contribution in [1.82, 2.24) is 34.7 Å². The summed E-state index contributed by atoms with van der Waals surface area (Å²) >= 11 is 7.69. The number of tetrazole rings is 1. The third kappa shape index (κ3) is 5.25. The third-order valence-corrected chi connectivity index (χ3v) is 9.17. The van der Waals surface area contributed by atoms with Crippen LogP contribution in [0.2, 0.25) is 5.02 Å². The number of fused-ring (bicyclic) bond motifs is 1.